The second-order valence-electron chi connectivity index (χ2n) is 9.41. The van der Waals surface area contributed by atoms with E-state index in [1.165, 1.54) is 0 Å². The van der Waals surface area contributed by atoms with Crippen molar-refractivity contribution in [1.29, 1.82) is 0 Å². The normalized spacial score (nSPS) is 17.2. The van der Waals surface area contributed by atoms with Gasteiger partial charge in [-0.1, -0.05) is 12.1 Å². The molecule has 9 nitrogen and oxygen atoms in total. The van der Waals surface area contributed by atoms with Gasteiger partial charge in [0.2, 0.25) is 10.0 Å². The second-order valence-corrected chi connectivity index (χ2v) is 11.5. The number of aromatic carboxylic acids is 1. The fourth-order valence-corrected chi connectivity index (χ4v) is 5.74. The Morgan fingerprint density at radius 2 is 1.87 bits per heavy atom. The van der Waals surface area contributed by atoms with Crippen LogP contribution < -0.4 is 14.9 Å². The first-order valence-electron chi connectivity index (χ1n) is 12.0. The first-order valence-corrected chi connectivity index (χ1v) is 14.3. The molecule has 0 spiro atoms. The van der Waals surface area contributed by atoms with Crippen molar-refractivity contribution in [3.8, 4) is 11.3 Å². The molecule has 1 aliphatic rings. The fraction of sp³-hybridized carbons (Fsp3) is 0.179. The highest BCUT2D eigenvalue weighted by Gasteiger charge is 2.42. The summed E-state index contributed by atoms with van der Waals surface area (Å²) in [5, 5.41) is 13.2. The largest absolute Gasteiger partial charge is 0.478 e. The first kappa shape index (κ1) is 26.4. The van der Waals surface area contributed by atoms with E-state index < -0.39 is 22.0 Å². The summed E-state index contributed by atoms with van der Waals surface area (Å²) < 4.78 is 32.5. The van der Waals surface area contributed by atoms with Gasteiger partial charge in [0.15, 0.2) is 5.11 Å². The van der Waals surface area contributed by atoms with Crippen molar-refractivity contribution < 1.29 is 22.7 Å². The topological polar surface area (TPSA) is 125 Å². The van der Waals surface area contributed by atoms with Gasteiger partial charge in [-0.15, -0.1) is 0 Å². The number of hydrogen-bond donors (Lipinski definition) is 3. The van der Waals surface area contributed by atoms with Crippen molar-refractivity contribution >= 4 is 44.7 Å². The molecular weight excluding hydrogens is 536 g/mol. The van der Waals surface area contributed by atoms with Gasteiger partial charge in [0.05, 0.1) is 29.2 Å². The summed E-state index contributed by atoms with van der Waals surface area (Å²) in [7, 11) is -3.43. The van der Waals surface area contributed by atoms with E-state index in [0.717, 1.165) is 34.3 Å². The summed E-state index contributed by atoms with van der Waals surface area (Å²) in [4.78, 5) is 17.9. The molecule has 4 aromatic rings. The zero-order chi connectivity index (χ0) is 27.9. The molecule has 1 saturated heterocycles. The quantitative estimate of drug-likeness (QED) is 0.261. The van der Waals surface area contributed by atoms with Crippen LogP contribution in [-0.4, -0.2) is 35.8 Å². The number of rotatable bonds is 7. The maximum atomic E-state index is 11.8. The van der Waals surface area contributed by atoms with Gasteiger partial charge in [-0.25, -0.2) is 13.2 Å². The third-order valence-corrected chi connectivity index (χ3v) is 7.44. The van der Waals surface area contributed by atoms with Crippen molar-refractivity contribution in [2.24, 2.45) is 0 Å². The van der Waals surface area contributed by atoms with E-state index in [1.54, 1.807) is 36.5 Å². The molecule has 200 valence electrons. The molecule has 0 unspecified atom stereocenters. The lowest BCUT2D eigenvalue weighted by atomic mass is 10.0. The minimum absolute atomic E-state index is 0.207. The zero-order valence-electron chi connectivity index (χ0n) is 21.4. The first-order chi connectivity index (χ1) is 18.5. The van der Waals surface area contributed by atoms with Gasteiger partial charge in [0.25, 0.3) is 0 Å². The average molecular weight is 563 g/mol. The Kier molecular flexibility index (Phi) is 6.87. The SMILES string of the molecule is Cc1cc(N2C(=S)N[C@H](c3ccccn3)[C@H]2c2ccc(-c3ccc(C(=O)O)cc3C)o2)ccc1NS(C)(=O)=O. The summed E-state index contributed by atoms with van der Waals surface area (Å²) >= 11 is 5.78. The van der Waals surface area contributed by atoms with Crippen LogP contribution in [0.25, 0.3) is 11.3 Å². The summed E-state index contributed by atoms with van der Waals surface area (Å²) in [6.45, 7) is 3.66. The number of sulfonamides is 1. The minimum atomic E-state index is -3.43. The number of hydrogen-bond acceptors (Lipinski definition) is 6. The van der Waals surface area contributed by atoms with Gasteiger partial charge in [-0.3, -0.25) is 9.71 Å². The van der Waals surface area contributed by atoms with Gasteiger partial charge in [-0.05, 0) is 91.8 Å². The summed E-state index contributed by atoms with van der Waals surface area (Å²) in [5.74, 6) is 0.240. The van der Waals surface area contributed by atoms with Crippen LogP contribution in [0.1, 0.15) is 45.0 Å². The summed E-state index contributed by atoms with van der Waals surface area (Å²) in [5.41, 5.74) is 4.52. The average Bonchev–Trinajstić information content (AvgIpc) is 3.49. The molecular formula is C28H26N4O5S2. The van der Waals surface area contributed by atoms with E-state index in [9.17, 15) is 18.3 Å². The van der Waals surface area contributed by atoms with Crippen molar-refractivity contribution in [3.63, 3.8) is 0 Å². The van der Waals surface area contributed by atoms with Crippen molar-refractivity contribution in [3.05, 3.63) is 101 Å². The van der Waals surface area contributed by atoms with Gasteiger partial charge >= 0.3 is 5.97 Å². The highest BCUT2D eigenvalue weighted by atomic mass is 32.2. The van der Waals surface area contributed by atoms with E-state index in [1.807, 2.05) is 55.1 Å². The second kappa shape index (κ2) is 10.2. The Hall–Kier alpha value is -4.22. The Labute approximate surface area is 231 Å². The molecule has 1 aliphatic heterocycles. The summed E-state index contributed by atoms with van der Waals surface area (Å²) in [6, 6.07) is 19.0. The van der Waals surface area contributed by atoms with E-state index in [-0.39, 0.29) is 11.6 Å². The molecule has 0 saturated carbocycles. The predicted octanol–water partition coefficient (Wildman–Crippen LogP) is 5.21. The molecule has 0 bridgehead atoms. The molecule has 0 amide bonds. The summed E-state index contributed by atoms with van der Waals surface area (Å²) in [6.07, 6.45) is 2.83. The zero-order valence-corrected chi connectivity index (χ0v) is 23.0. The third kappa shape index (κ3) is 5.36. The van der Waals surface area contributed by atoms with Crippen molar-refractivity contribution in [2.75, 3.05) is 15.9 Å². The molecule has 5 rings (SSSR count). The van der Waals surface area contributed by atoms with Crippen LogP contribution in [0.4, 0.5) is 11.4 Å². The van der Waals surface area contributed by atoms with Gasteiger partial charge in [-0.2, -0.15) is 0 Å². The number of carbonyl (C=O) groups is 1. The number of benzene rings is 2. The van der Waals surface area contributed by atoms with Crippen molar-refractivity contribution in [2.45, 2.75) is 25.9 Å². The van der Waals surface area contributed by atoms with Crippen LogP contribution in [0.5, 0.6) is 0 Å². The Morgan fingerprint density at radius 1 is 1.08 bits per heavy atom. The standard InChI is InChI=1S/C28H26N4O5S2/c1-16-14-18(27(33)34)7-9-20(16)23-11-12-24(37-23)26-25(22-6-4-5-13-29-22)30-28(38)32(26)19-8-10-21(17(2)15-19)31-39(3,35)36/h4-15,25-26,31H,1-3H3,(H,30,38)(H,33,34)/t25-,26-/m1/s1. The molecule has 11 heteroatoms. The molecule has 3 heterocycles. The fourth-order valence-electron chi connectivity index (χ4n) is 4.76. The van der Waals surface area contributed by atoms with E-state index >= 15 is 0 Å². The number of carboxylic acid groups (broad SMARTS) is 1. The molecule has 2 aromatic carbocycles. The number of thiocarbonyl (C=S) groups is 1. The Balaban J connectivity index is 1.58. The highest BCUT2D eigenvalue weighted by molar-refractivity contribution is 7.92. The van der Waals surface area contributed by atoms with E-state index in [2.05, 4.69) is 15.0 Å². The maximum Gasteiger partial charge on any atom is 0.335 e. The lowest BCUT2D eigenvalue weighted by Crippen LogP contribution is -2.29. The lowest BCUT2D eigenvalue weighted by Gasteiger charge is -2.27. The highest BCUT2D eigenvalue weighted by Crippen LogP contribution is 2.43. The number of pyridine rings is 1. The van der Waals surface area contributed by atoms with Crippen LogP contribution in [0.15, 0.2) is 77.3 Å². The van der Waals surface area contributed by atoms with Crippen molar-refractivity contribution in [1.82, 2.24) is 10.3 Å². The molecule has 2 aromatic heterocycles. The molecule has 0 aliphatic carbocycles. The molecule has 3 N–H and O–H groups in total. The van der Waals surface area contributed by atoms with Crippen LogP contribution in [0.2, 0.25) is 0 Å². The Morgan fingerprint density at radius 3 is 2.51 bits per heavy atom. The smallest absolute Gasteiger partial charge is 0.335 e. The number of nitrogens with zero attached hydrogens (tertiary/aromatic N) is 2. The van der Waals surface area contributed by atoms with Crippen LogP contribution in [-0.2, 0) is 10.0 Å². The number of aromatic nitrogens is 1. The van der Waals surface area contributed by atoms with Crippen LogP contribution in [0.3, 0.4) is 0 Å². The number of nitrogens with one attached hydrogen (secondary N) is 2. The molecule has 39 heavy (non-hydrogen) atoms. The predicted molar refractivity (Wildman–Crippen MR) is 153 cm³/mol. The maximum absolute atomic E-state index is 11.8. The molecule has 1 fully saturated rings. The minimum Gasteiger partial charge on any atom is -0.478 e. The molecule has 0 radical (unpaired) electrons. The van der Waals surface area contributed by atoms with Gasteiger partial charge in [0, 0.05) is 17.4 Å². The number of anilines is 2. The van der Waals surface area contributed by atoms with Gasteiger partial charge in [0.1, 0.15) is 17.6 Å². The van der Waals surface area contributed by atoms with Crippen LogP contribution >= 0.6 is 12.2 Å². The Bertz CT molecular complexity index is 1690. The number of carboxylic acids is 1. The van der Waals surface area contributed by atoms with E-state index in [4.69, 9.17) is 16.6 Å². The third-order valence-electron chi connectivity index (χ3n) is 6.54. The van der Waals surface area contributed by atoms with Crippen LogP contribution in [0, 0.1) is 13.8 Å². The molecule has 2 atom stereocenters. The van der Waals surface area contributed by atoms with Gasteiger partial charge < -0.3 is 19.7 Å². The monoisotopic (exact) mass is 562 g/mol. The van der Waals surface area contributed by atoms with E-state index in [0.29, 0.717) is 22.3 Å². The number of furan rings is 1. The number of aryl methyl sites for hydroxylation is 2. The lowest BCUT2D eigenvalue weighted by molar-refractivity contribution is 0.0696.